The highest BCUT2D eigenvalue weighted by atomic mass is 19.1. The van der Waals surface area contributed by atoms with E-state index in [1.807, 2.05) is 20.8 Å². The largest absolute Gasteiger partial charge is 0.443 e. The van der Waals surface area contributed by atoms with E-state index in [0.29, 0.717) is 0 Å². The Hall–Kier alpha value is -2.44. The van der Waals surface area contributed by atoms with Gasteiger partial charge in [0.1, 0.15) is 23.0 Å². The molecule has 3 atom stereocenters. The topological polar surface area (TPSA) is 75.7 Å². The van der Waals surface area contributed by atoms with Crippen molar-refractivity contribution in [1.82, 2.24) is 5.43 Å². The number of ether oxygens (including phenoxy) is 1. The number of nitrogens with zero attached hydrogens (tertiary/aromatic N) is 1. The summed E-state index contributed by atoms with van der Waals surface area (Å²) < 4.78 is 19.8. The zero-order valence-electron chi connectivity index (χ0n) is 17.8. The van der Waals surface area contributed by atoms with Crippen molar-refractivity contribution in [2.75, 3.05) is 5.01 Å². The van der Waals surface area contributed by atoms with Crippen molar-refractivity contribution in [3.05, 3.63) is 30.1 Å². The first-order valence-electron chi connectivity index (χ1n) is 9.92. The van der Waals surface area contributed by atoms with Gasteiger partial charge in [-0.25, -0.2) is 19.6 Å². The summed E-state index contributed by atoms with van der Waals surface area (Å²) in [7, 11) is 0. The second kappa shape index (κ2) is 6.82. The third-order valence-corrected chi connectivity index (χ3v) is 6.71. The fourth-order valence-electron chi connectivity index (χ4n) is 4.77. The molecule has 2 amide bonds. The zero-order valence-corrected chi connectivity index (χ0v) is 17.8. The molecule has 158 valence electrons. The number of anilines is 1. The van der Waals surface area contributed by atoms with Crippen LogP contribution >= 0.6 is 0 Å². The highest BCUT2D eigenvalue weighted by Crippen LogP contribution is 2.65. The molecule has 2 aliphatic carbocycles. The molecule has 0 aromatic heterocycles. The Morgan fingerprint density at radius 3 is 2.34 bits per heavy atom. The van der Waals surface area contributed by atoms with E-state index < -0.39 is 34.8 Å². The van der Waals surface area contributed by atoms with Crippen molar-refractivity contribution in [1.29, 1.82) is 0 Å². The average molecular weight is 404 g/mol. The van der Waals surface area contributed by atoms with Crippen LogP contribution in [0.1, 0.15) is 54.4 Å². The number of fused-ring (bicyclic) bond motifs is 2. The van der Waals surface area contributed by atoms with Gasteiger partial charge in [0.25, 0.3) is 5.91 Å². The van der Waals surface area contributed by atoms with Crippen molar-refractivity contribution < 1.29 is 23.5 Å². The van der Waals surface area contributed by atoms with Crippen molar-refractivity contribution >= 4 is 23.5 Å². The van der Waals surface area contributed by atoms with Crippen LogP contribution in [0.5, 0.6) is 0 Å². The molecule has 0 radical (unpaired) electrons. The first-order valence-corrected chi connectivity index (χ1v) is 9.92. The van der Waals surface area contributed by atoms with E-state index >= 15 is 0 Å². The van der Waals surface area contributed by atoms with Crippen LogP contribution < -0.4 is 10.4 Å². The molecule has 1 aromatic rings. The predicted molar refractivity (Wildman–Crippen MR) is 106 cm³/mol. The predicted octanol–water partition coefficient (Wildman–Crippen LogP) is 4.24. The molecule has 2 saturated carbocycles. The van der Waals surface area contributed by atoms with Gasteiger partial charge in [0.2, 0.25) is 0 Å². The van der Waals surface area contributed by atoms with E-state index in [1.165, 1.54) is 18.2 Å². The lowest BCUT2D eigenvalue weighted by molar-refractivity contribution is -0.138. The smallest absolute Gasteiger partial charge is 0.427 e. The molecule has 1 unspecified atom stereocenters. The van der Waals surface area contributed by atoms with Crippen LogP contribution in [0.2, 0.25) is 0 Å². The average Bonchev–Trinajstić information content (AvgIpc) is 2.90. The number of ketones is 1. The fraction of sp³-hybridized carbons (Fsp3) is 0.591. The monoisotopic (exact) mass is 404 g/mol. The highest BCUT2D eigenvalue weighted by molar-refractivity contribution is 6.13. The van der Waals surface area contributed by atoms with E-state index in [4.69, 9.17) is 4.74 Å². The van der Waals surface area contributed by atoms with Gasteiger partial charge in [-0.15, -0.1) is 0 Å². The Morgan fingerprint density at radius 2 is 1.83 bits per heavy atom. The number of amides is 2. The van der Waals surface area contributed by atoms with Crippen LogP contribution in [0.4, 0.5) is 14.9 Å². The molecule has 6 nitrogen and oxygen atoms in total. The third-order valence-electron chi connectivity index (χ3n) is 6.71. The van der Waals surface area contributed by atoms with E-state index in [2.05, 4.69) is 5.43 Å². The summed E-state index contributed by atoms with van der Waals surface area (Å²) in [5.74, 6) is -2.55. The molecule has 7 heteroatoms. The standard InChI is InChI=1S/C22H29FN2O4/c1-20(2,3)29-19(28)24-25(15-10-8-7-9-14(15)23)18(27)16-13-11-12-22(6,17(16)26)21(13,4)5/h7-10,13,16H,11-12H2,1-6H3,(H,24,28)/t13-,16?,22+/m0/s1. The van der Waals surface area contributed by atoms with Crippen molar-refractivity contribution in [2.24, 2.45) is 22.7 Å². The Labute approximate surface area is 170 Å². The Kier molecular flexibility index (Phi) is 5.00. The lowest BCUT2D eigenvalue weighted by Gasteiger charge is -2.32. The van der Waals surface area contributed by atoms with Gasteiger partial charge in [-0.2, -0.15) is 0 Å². The summed E-state index contributed by atoms with van der Waals surface area (Å²) in [6.45, 7) is 11.0. The van der Waals surface area contributed by atoms with Gasteiger partial charge in [-0.3, -0.25) is 9.59 Å². The molecule has 2 aliphatic rings. The molecule has 1 aromatic carbocycles. The normalized spacial score (nSPS) is 27.6. The number of para-hydroxylation sites is 1. The highest BCUT2D eigenvalue weighted by Gasteiger charge is 2.68. The van der Waals surface area contributed by atoms with Crippen LogP contribution in [0.25, 0.3) is 0 Å². The molecule has 0 saturated heterocycles. The van der Waals surface area contributed by atoms with E-state index in [-0.39, 0.29) is 22.8 Å². The number of rotatable bonds is 2. The number of carbonyl (C=O) groups is 3. The number of hydrazine groups is 1. The Bertz CT molecular complexity index is 861. The minimum absolute atomic E-state index is 0.123. The number of hydrogen-bond acceptors (Lipinski definition) is 4. The molecular weight excluding hydrogens is 375 g/mol. The minimum atomic E-state index is -0.932. The van der Waals surface area contributed by atoms with E-state index in [0.717, 1.165) is 17.9 Å². The second-order valence-electron chi connectivity index (χ2n) is 9.78. The third kappa shape index (κ3) is 3.40. The van der Waals surface area contributed by atoms with Gasteiger partial charge in [0, 0.05) is 5.41 Å². The number of Topliss-reactive ketones (excluding diaryl/α,β-unsaturated/α-hetero) is 1. The maximum atomic E-state index is 14.5. The van der Waals surface area contributed by atoms with Gasteiger partial charge < -0.3 is 4.74 Å². The van der Waals surface area contributed by atoms with Gasteiger partial charge in [0.15, 0.2) is 5.78 Å². The van der Waals surface area contributed by atoms with Gasteiger partial charge in [-0.1, -0.05) is 32.9 Å². The quantitative estimate of drug-likeness (QED) is 0.591. The molecule has 0 aliphatic heterocycles. The number of nitrogens with one attached hydrogen (secondary N) is 1. The summed E-state index contributed by atoms with van der Waals surface area (Å²) in [6.07, 6.45) is 0.575. The fourth-order valence-corrected chi connectivity index (χ4v) is 4.77. The number of halogens is 1. The molecular formula is C22H29FN2O4. The van der Waals surface area contributed by atoms with Crippen molar-refractivity contribution in [2.45, 2.75) is 60.0 Å². The maximum Gasteiger partial charge on any atom is 0.427 e. The summed E-state index contributed by atoms with van der Waals surface area (Å²) in [6, 6.07) is 5.63. The summed E-state index contributed by atoms with van der Waals surface area (Å²) >= 11 is 0. The molecule has 2 bridgehead atoms. The SMILES string of the molecule is CC(C)(C)OC(=O)NN(C(=O)C1C(=O)[C@@]2(C)CC[C@@H]1C2(C)C)c1ccccc1F. The first-order chi connectivity index (χ1) is 13.3. The van der Waals surface area contributed by atoms with Crippen LogP contribution in [-0.4, -0.2) is 23.4 Å². The second-order valence-corrected chi connectivity index (χ2v) is 9.78. The molecule has 1 N–H and O–H groups in total. The van der Waals surface area contributed by atoms with Crippen LogP contribution in [0.15, 0.2) is 24.3 Å². The Morgan fingerprint density at radius 1 is 1.21 bits per heavy atom. The molecule has 2 fully saturated rings. The van der Waals surface area contributed by atoms with E-state index in [1.54, 1.807) is 26.8 Å². The zero-order chi connectivity index (χ0) is 21.8. The molecule has 29 heavy (non-hydrogen) atoms. The van der Waals surface area contributed by atoms with Crippen molar-refractivity contribution in [3.8, 4) is 0 Å². The Balaban J connectivity index is 1.97. The van der Waals surface area contributed by atoms with Crippen LogP contribution in [-0.2, 0) is 14.3 Å². The van der Waals surface area contributed by atoms with Crippen molar-refractivity contribution in [3.63, 3.8) is 0 Å². The summed E-state index contributed by atoms with van der Waals surface area (Å²) in [4.78, 5) is 39.1. The van der Waals surface area contributed by atoms with Crippen LogP contribution in [0.3, 0.4) is 0 Å². The lowest BCUT2D eigenvalue weighted by atomic mass is 9.70. The summed E-state index contributed by atoms with van der Waals surface area (Å²) in [5.41, 5.74) is 0.478. The number of benzene rings is 1. The molecule has 3 rings (SSSR count). The number of hydrogen-bond donors (Lipinski definition) is 1. The lowest BCUT2D eigenvalue weighted by Crippen LogP contribution is -2.53. The first kappa shape index (κ1) is 21.3. The maximum absolute atomic E-state index is 14.5. The van der Waals surface area contributed by atoms with Gasteiger partial charge in [0.05, 0.1) is 0 Å². The van der Waals surface area contributed by atoms with E-state index in [9.17, 15) is 18.8 Å². The minimum Gasteiger partial charge on any atom is -0.443 e. The van der Waals surface area contributed by atoms with Gasteiger partial charge in [-0.05, 0) is 57.1 Å². The summed E-state index contributed by atoms with van der Waals surface area (Å²) in [5, 5.41) is 0.839. The molecule has 0 spiro atoms. The number of carbonyl (C=O) groups excluding carboxylic acids is 3. The molecule has 0 heterocycles. The van der Waals surface area contributed by atoms with Gasteiger partial charge >= 0.3 is 6.09 Å². The van der Waals surface area contributed by atoms with Crippen LogP contribution in [0, 0.1) is 28.5 Å².